The lowest BCUT2D eigenvalue weighted by molar-refractivity contribution is 0.632. The summed E-state index contributed by atoms with van der Waals surface area (Å²) in [6.45, 7) is 9.10. The van der Waals surface area contributed by atoms with Crippen LogP contribution in [0.3, 0.4) is 0 Å². The summed E-state index contributed by atoms with van der Waals surface area (Å²) in [5.74, 6) is 1.78. The quantitative estimate of drug-likeness (QED) is 0.307. The number of nitrogens with one attached hydrogen (secondary N) is 2. The second-order valence-electron chi connectivity index (χ2n) is 6.04. The smallest absolute Gasteiger partial charge is 0.191 e. The first-order chi connectivity index (χ1) is 12.7. The van der Waals surface area contributed by atoms with E-state index in [0.29, 0.717) is 6.54 Å². The van der Waals surface area contributed by atoms with Gasteiger partial charge < -0.3 is 19.6 Å². The molecule has 0 saturated heterocycles. The van der Waals surface area contributed by atoms with Gasteiger partial charge in [-0.25, -0.2) is 9.98 Å². The van der Waals surface area contributed by atoms with Crippen molar-refractivity contribution in [1.82, 2.24) is 34.8 Å². The van der Waals surface area contributed by atoms with Gasteiger partial charge in [-0.05, 0) is 26.0 Å². The lowest BCUT2D eigenvalue weighted by atomic mass is 10.4. The van der Waals surface area contributed by atoms with E-state index in [1.165, 1.54) is 0 Å². The van der Waals surface area contributed by atoms with E-state index < -0.39 is 0 Å². The number of aryl methyl sites for hydroxylation is 2. The number of hydrogen-bond acceptors (Lipinski definition) is 4. The van der Waals surface area contributed by atoms with E-state index in [1.54, 1.807) is 6.33 Å². The van der Waals surface area contributed by atoms with Crippen LogP contribution in [0.1, 0.15) is 31.1 Å². The van der Waals surface area contributed by atoms with Crippen LogP contribution in [0.5, 0.6) is 0 Å². The number of guanidine groups is 1. The summed E-state index contributed by atoms with van der Waals surface area (Å²) in [6.07, 6.45) is 4.69. The Morgan fingerprint density at radius 3 is 2.81 bits per heavy atom. The molecule has 0 aromatic carbocycles. The average molecular weight is 482 g/mol. The van der Waals surface area contributed by atoms with E-state index in [9.17, 15) is 0 Å². The van der Waals surface area contributed by atoms with Crippen molar-refractivity contribution in [2.24, 2.45) is 4.99 Å². The average Bonchev–Trinajstić information content (AvgIpc) is 3.26. The van der Waals surface area contributed by atoms with Crippen molar-refractivity contribution in [3.63, 3.8) is 0 Å². The maximum absolute atomic E-state index is 4.65. The normalized spacial score (nSPS) is 11.4. The van der Waals surface area contributed by atoms with Crippen LogP contribution in [0.15, 0.2) is 35.7 Å². The summed E-state index contributed by atoms with van der Waals surface area (Å²) in [7, 11) is 0. The van der Waals surface area contributed by atoms with Crippen molar-refractivity contribution >= 4 is 35.6 Å². The summed E-state index contributed by atoms with van der Waals surface area (Å²) < 4.78 is 4.14. The molecular weight excluding hydrogens is 455 g/mol. The highest BCUT2D eigenvalue weighted by molar-refractivity contribution is 14.0. The predicted octanol–water partition coefficient (Wildman–Crippen LogP) is 2.17. The lowest BCUT2D eigenvalue weighted by Crippen LogP contribution is -2.38. The molecule has 9 heteroatoms. The van der Waals surface area contributed by atoms with Gasteiger partial charge in [0.25, 0.3) is 0 Å². The SMILES string of the molecule is CCNC(=NCc1cn2c(C)cccc2n1)NCCn1cnnc1CC.I. The summed E-state index contributed by atoms with van der Waals surface area (Å²) in [5.41, 5.74) is 3.06. The molecule has 3 aromatic rings. The highest BCUT2D eigenvalue weighted by Crippen LogP contribution is 2.09. The molecule has 0 aliphatic carbocycles. The monoisotopic (exact) mass is 482 g/mol. The molecule has 2 N–H and O–H groups in total. The van der Waals surface area contributed by atoms with Crippen LogP contribution < -0.4 is 10.6 Å². The number of aromatic nitrogens is 5. The molecule has 3 rings (SSSR count). The summed E-state index contributed by atoms with van der Waals surface area (Å²) in [6, 6.07) is 6.10. The predicted molar refractivity (Wildman–Crippen MR) is 118 cm³/mol. The number of fused-ring (bicyclic) bond motifs is 1. The number of imidazole rings is 1. The van der Waals surface area contributed by atoms with Crippen molar-refractivity contribution in [2.75, 3.05) is 13.1 Å². The van der Waals surface area contributed by atoms with Gasteiger partial charge in [0.1, 0.15) is 17.8 Å². The molecule has 27 heavy (non-hydrogen) atoms. The Labute approximate surface area is 176 Å². The minimum atomic E-state index is 0. The van der Waals surface area contributed by atoms with Gasteiger partial charge in [-0.3, -0.25) is 0 Å². The van der Waals surface area contributed by atoms with Gasteiger partial charge in [-0.2, -0.15) is 0 Å². The van der Waals surface area contributed by atoms with E-state index in [-0.39, 0.29) is 24.0 Å². The first-order valence-electron chi connectivity index (χ1n) is 9.03. The molecular formula is C18H27IN8. The van der Waals surface area contributed by atoms with Gasteiger partial charge >= 0.3 is 0 Å². The number of hydrogen-bond donors (Lipinski definition) is 2. The van der Waals surface area contributed by atoms with Crippen molar-refractivity contribution in [2.45, 2.75) is 40.3 Å². The fraction of sp³-hybridized carbons (Fsp3) is 0.444. The molecule has 3 heterocycles. The van der Waals surface area contributed by atoms with Crippen molar-refractivity contribution in [1.29, 1.82) is 0 Å². The van der Waals surface area contributed by atoms with Crippen molar-refractivity contribution in [3.8, 4) is 0 Å². The van der Waals surface area contributed by atoms with Crippen LogP contribution >= 0.6 is 24.0 Å². The van der Waals surface area contributed by atoms with Crippen LogP contribution in [-0.2, 0) is 19.5 Å². The molecule has 8 nitrogen and oxygen atoms in total. The molecule has 0 fully saturated rings. The zero-order valence-corrected chi connectivity index (χ0v) is 18.3. The highest BCUT2D eigenvalue weighted by atomic mass is 127. The molecule has 0 aliphatic heterocycles. The van der Waals surface area contributed by atoms with E-state index in [1.807, 2.05) is 18.3 Å². The van der Waals surface area contributed by atoms with Gasteiger partial charge in [0.05, 0.1) is 12.2 Å². The number of rotatable bonds is 7. The third-order valence-electron chi connectivity index (χ3n) is 4.15. The first kappa shape index (κ1) is 21.1. The van der Waals surface area contributed by atoms with E-state index in [2.05, 4.69) is 66.6 Å². The van der Waals surface area contributed by atoms with Crippen LogP contribution in [0.2, 0.25) is 0 Å². The molecule has 0 aliphatic rings. The van der Waals surface area contributed by atoms with Gasteiger partial charge in [-0.15, -0.1) is 34.2 Å². The Morgan fingerprint density at radius 2 is 2.07 bits per heavy atom. The topological polar surface area (TPSA) is 84.4 Å². The maximum Gasteiger partial charge on any atom is 0.191 e. The van der Waals surface area contributed by atoms with Crippen LogP contribution in [-0.4, -0.2) is 43.2 Å². The second kappa shape index (κ2) is 10.2. The summed E-state index contributed by atoms with van der Waals surface area (Å²) >= 11 is 0. The van der Waals surface area contributed by atoms with E-state index in [0.717, 1.165) is 54.9 Å². The Kier molecular flexibility index (Phi) is 8.01. The summed E-state index contributed by atoms with van der Waals surface area (Å²) in [5, 5.41) is 14.7. The minimum absolute atomic E-state index is 0. The fourth-order valence-electron chi connectivity index (χ4n) is 2.81. The van der Waals surface area contributed by atoms with Gasteiger partial charge in [-0.1, -0.05) is 13.0 Å². The van der Waals surface area contributed by atoms with Crippen LogP contribution in [0.4, 0.5) is 0 Å². The second-order valence-corrected chi connectivity index (χ2v) is 6.04. The number of nitrogens with zero attached hydrogens (tertiary/aromatic N) is 6. The van der Waals surface area contributed by atoms with Crippen LogP contribution in [0, 0.1) is 6.92 Å². The molecule has 0 saturated carbocycles. The zero-order valence-electron chi connectivity index (χ0n) is 16.0. The Hall–Kier alpha value is -2.17. The Balaban J connectivity index is 0.00000261. The largest absolute Gasteiger partial charge is 0.357 e. The zero-order chi connectivity index (χ0) is 18.4. The molecule has 3 aromatic heterocycles. The summed E-state index contributed by atoms with van der Waals surface area (Å²) in [4.78, 5) is 9.28. The molecule has 0 bridgehead atoms. The molecule has 0 atom stereocenters. The number of halogens is 1. The molecule has 0 unspecified atom stereocenters. The molecule has 0 spiro atoms. The van der Waals surface area contributed by atoms with E-state index >= 15 is 0 Å². The minimum Gasteiger partial charge on any atom is -0.357 e. The van der Waals surface area contributed by atoms with Gasteiger partial charge in [0, 0.05) is 37.9 Å². The van der Waals surface area contributed by atoms with Crippen molar-refractivity contribution < 1.29 is 0 Å². The third kappa shape index (κ3) is 5.41. The van der Waals surface area contributed by atoms with Crippen LogP contribution in [0.25, 0.3) is 5.65 Å². The third-order valence-corrected chi connectivity index (χ3v) is 4.15. The number of pyridine rings is 1. The van der Waals surface area contributed by atoms with Crippen molar-refractivity contribution in [3.05, 3.63) is 47.9 Å². The number of aliphatic imine (C=N–C) groups is 1. The molecule has 0 radical (unpaired) electrons. The Morgan fingerprint density at radius 1 is 1.22 bits per heavy atom. The lowest BCUT2D eigenvalue weighted by Gasteiger charge is -2.11. The van der Waals surface area contributed by atoms with E-state index in [4.69, 9.17) is 0 Å². The Bertz CT molecular complexity index is 883. The maximum atomic E-state index is 4.65. The first-order valence-corrected chi connectivity index (χ1v) is 9.03. The van der Waals surface area contributed by atoms with Gasteiger partial charge in [0.2, 0.25) is 0 Å². The highest BCUT2D eigenvalue weighted by Gasteiger charge is 2.05. The molecule has 146 valence electrons. The van der Waals surface area contributed by atoms with Gasteiger partial charge in [0.15, 0.2) is 5.96 Å². The molecule has 0 amide bonds. The standard InChI is InChI=1S/C18H26N8.HI/c1-4-16-24-22-13-25(16)10-9-20-18(19-5-2)21-11-15-12-26-14(3)7-6-8-17(26)23-15;/h6-8,12-13H,4-5,9-11H2,1-3H3,(H2,19,20,21);1H. The fourth-order valence-corrected chi connectivity index (χ4v) is 2.81.